The topological polar surface area (TPSA) is 73.3 Å². The fourth-order valence-electron chi connectivity index (χ4n) is 1.43. The van der Waals surface area contributed by atoms with Crippen LogP contribution in [0.2, 0.25) is 0 Å². The Morgan fingerprint density at radius 1 is 1.38 bits per heavy atom. The van der Waals surface area contributed by atoms with Crippen molar-refractivity contribution in [1.82, 2.24) is 9.88 Å². The average molecular weight is 397 g/mol. The largest absolute Gasteiger partial charge is 1.00 e. The summed E-state index contributed by atoms with van der Waals surface area (Å²) in [6.45, 7) is 1.40. The number of thiazole rings is 1. The molecule has 0 saturated heterocycles. The van der Waals surface area contributed by atoms with Crippen molar-refractivity contribution in [3.05, 3.63) is 27.0 Å². The molecule has 5 nitrogen and oxygen atoms in total. The van der Waals surface area contributed by atoms with E-state index in [0.29, 0.717) is 0 Å². The molecule has 0 aromatic carbocycles. The number of aliphatic carboxylic acids is 1. The number of rotatable bonds is 4. The number of likely N-dealkylation sites (N-methyl/N-ethyl adjacent to an activating group) is 1. The molecule has 1 amide bonds. The summed E-state index contributed by atoms with van der Waals surface area (Å²) in [6, 6.07) is 0.925. The van der Waals surface area contributed by atoms with E-state index in [0.717, 1.165) is 19.3 Å². The molecule has 2 heterocycles. The Morgan fingerprint density at radius 2 is 2.05 bits per heavy atom. The van der Waals surface area contributed by atoms with Gasteiger partial charge in [-0.3, -0.25) is 4.79 Å². The summed E-state index contributed by atoms with van der Waals surface area (Å²) in [7, 11) is 1.42. The Labute approximate surface area is 160 Å². The van der Waals surface area contributed by atoms with Crippen molar-refractivity contribution < 1.29 is 44.3 Å². The molecule has 2 aromatic rings. The number of carbonyl (C=O) groups excluding carboxylic acids is 2. The van der Waals surface area contributed by atoms with Crippen molar-refractivity contribution in [1.29, 1.82) is 0 Å². The maximum Gasteiger partial charge on any atom is 1.00 e. The van der Waals surface area contributed by atoms with E-state index < -0.39 is 17.9 Å². The molecule has 2 rings (SSSR count). The number of thiophene rings is 1. The minimum atomic E-state index is -1.29. The zero-order valence-corrected chi connectivity index (χ0v) is 16.8. The molecule has 0 saturated carbocycles. The third-order valence-electron chi connectivity index (χ3n) is 2.74. The number of carboxylic acids is 1. The van der Waals surface area contributed by atoms with Crippen LogP contribution < -0.4 is 34.7 Å². The minimum Gasteiger partial charge on any atom is -0.548 e. The molecule has 21 heavy (non-hydrogen) atoms. The van der Waals surface area contributed by atoms with E-state index in [1.807, 2.05) is 11.4 Å². The smallest absolute Gasteiger partial charge is 0.548 e. The first-order chi connectivity index (χ1) is 9.40. The number of aromatic nitrogens is 1. The molecular formula is C12H10BrN2NaO3S2. The van der Waals surface area contributed by atoms with Crippen LogP contribution in [0.1, 0.15) is 17.4 Å². The molecule has 2 aromatic heterocycles. The third-order valence-corrected chi connectivity index (χ3v) is 5.45. The Bertz CT molecular complexity index is 658. The fourth-order valence-corrected chi connectivity index (χ4v) is 3.73. The second-order valence-corrected chi connectivity index (χ2v) is 6.76. The Kier molecular flexibility index (Phi) is 7.02. The summed E-state index contributed by atoms with van der Waals surface area (Å²) < 4.78 is 0.961. The van der Waals surface area contributed by atoms with E-state index in [1.54, 1.807) is 5.38 Å². The Hall–Kier alpha value is -0.250. The van der Waals surface area contributed by atoms with Crippen molar-refractivity contribution in [2.24, 2.45) is 0 Å². The van der Waals surface area contributed by atoms with Gasteiger partial charge in [-0.05, 0) is 28.9 Å². The fraction of sp³-hybridized carbons (Fsp3) is 0.250. The van der Waals surface area contributed by atoms with E-state index in [9.17, 15) is 14.7 Å². The van der Waals surface area contributed by atoms with Gasteiger partial charge in [0.05, 0.1) is 16.9 Å². The third kappa shape index (κ3) is 4.37. The molecule has 0 aliphatic heterocycles. The van der Waals surface area contributed by atoms with Gasteiger partial charge in [0.2, 0.25) is 0 Å². The van der Waals surface area contributed by atoms with Gasteiger partial charge in [0.25, 0.3) is 5.91 Å². The number of nitrogens with zero attached hydrogens (tertiary/aromatic N) is 2. The molecule has 0 fully saturated rings. The zero-order valence-electron chi connectivity index (χ0n) is 11.6. The number of hydrogen-bond acceptors (Lipinski definition) is 6. The van der Waals surface area contributed by atoms with Crippen LogP contribution in [0.4, 0.5) is 0 Å². The molecule has 0 unspecified atom stereocenters. The van der Waals surface area contributed by atoms with Gasteiger partial charge in [0.1, 0.15) is 10.7 Å². The molecule has 106 valence electrons. The minimum absolute atomic E-state index is 0. The first-order valence-corrected chi connectivity index (χ1v) is 8.13. The molecule has 0 bridgehead atoms. The van der Waals surface area contributed by atoms with Crippen LogP contribution in [-0.2, 0) is 4.79 Å². The summed E-state index contributed by atoms with van der Waals surface area (Å²) in [5.74, 6) is -1.72. The first kappa shape index (κ1) is 18.8. The van der Waals surface area contributed by atoms with Crippen LogP contribution in [0.3, 0.4) is 0 Å². The van der Waals surface area contributed by atoms with Gasteiger partial charge in [-0.15, -0.1) is 22.7 Å². The van der Waals surface area contributed by atoms with E-state index in [-0.39, 0.29) is 35.3 Å². The molecule has 0 N–H and O–H groups in total. The van der Waals surface area contributed by atoms with Gasteiger partial charge in [-0.25, -0.2) is 4.98 Å². The summed E-state index contributed by atoms with van der Waals surface area (Å²) >= 11 is 6.23. The van der Waals surface area contributed by atoms with Gasteiger partial charge < -0.3 is 14.8 Å². The number of hydrogen-bond donors (Lipinski definition) is 0. The average Bonchev–Trinajstić information content (AvgIpc) is 3.04. The van der Waals surface area contributed by atoms with Gasteiger partial charge in [0, 0.05) is 22.3 Å². The van der Waals surface area contributed by atoms with Crippen molar-refractivity contribution in [2.75, 3.05) is 7.05 Å². The second-order valence-electron chi connectivity index (χ2n) is 4.08. The van der Waals surface area contributed by atoms with Crippen LogP contribution in [0, 0.1) is 0 Å². The van der Waals surface area contributed by atoms with E-state index in [1.165, 1.54) is 36.6 Å². The number of amides is 1. The maximum absolute atomic E-state index is 12.1. The molecule has 0 radical (unpaired) electrons. The van der Waals surface area contributed by atoms with Crippen molar-refractivity contribution >= 4 is 50.5 Å². The SMILES string of the molecule is C[C@@H](C(=O)[O-])N(C)C(=O)c1csc(-c2cc(Br)cs2)n1.[Na+]. The van der Waals surface area contributed by atoms with Gasteiger partial charge >= 0.3 is 29.6 Å². The molecular weight excluding hydrogens is 387 g/mol. The Morgan fingerprint density at radius 3 is 2.57 bits per heavy atom. The van der Waals surface area contributed by atoms with Crippen LogP contribution in [0.5, 0.6) is 0 Å². The zero-order chi connectivity index (χ0) is 14.9. The van der Waals surface area contributed by atoms with Crippen LogP contribution in [0.15, 0.2) is 21.3 Å². The van der Waals surface area contributed by atoms with Gasteiger partial charge in [-0.1, -0.05) is 0 Å². The molecule has 0 spiro atoms. The Balaban J connectivity index is 0.00000220. The first-order valence-electron chi connectivity index (χ1n) is 5.58. The van der Waals surface area contributed by atoms with Crippen LogP contribution in [0.25, 0.3) is 9.88 Å². The summed E-state index contributed by atoms with van der Waals surface area (Å²) in [4.78, 5) is 29.2. The van der Waals surface area contributed by atoms with Crippen molar-refractivity contribution in [3.63, 3.8) is 0 Å². The summed E-state index contributed by atoms with van der Waals surface area (Å²) in [5.41, 5.74) is 0.241. The van der Waals surface area contributed by atoms with Crippen LogP contribution in [-0.4, -0.2) is 34.8 Å². The predicted molar refractivity (Wildman–Crippen MR) is 79.7 cm³/mol. The van der Waals surface area contributed by atoms with Crippen molar-refractivity contribution in [3.8, 4) is 9.88 Å². The quantitative estimate of drug-likeness (QED) is 0.611. The number of carboxylic acid groups (broad SMARTS) is 1. The molecule has 0 aliphatic carbocycles. The summed E-state index contributed by atoms with van der Waals surface area (Å²) in [6.07, 6.45) is 0. The van der Waals surface area contributed by atoms with E-state index in [2.05, 4.69) is 20.9 Å². The van der Waals surface area contributed by atoms with Crippen molar-refractivity contribution in [2.45, 2.75) is 13.0 Å². The maximum atomic E-state index is 12.1. The molecule has 0 aliphatic rings. The van der Waals surface area contributed by atoms with Crippen LogP contribution >= 0.6 is 38.6 Å². The molecule has 1 atom stereocenters. The molecule has 9 heteroatoms. The van der Waals surface area contributed by atoms with Gasteiger partial charge in [0.15, 0.2) is 0 Å². The normalized spacial score (nSPS) is 11.6. The standard InChI is InChI=1S/C12H11BrN2O3S2.Na/c1-6(12(17)18)15(2)11(16)8-5-20-10(14-8)9-3-7(13)4-19-9;/h3-6H,1-2H3,(H,17,18);/q;+1/p-1/t6-;/m0./s1. The monoisotopic (exact) mass is 396 g/mol. The van der Waals surface area contributed by atoms with Gasteiger partial charge in [-0.2, -0.15) is 0 Å². The second kappa shape index (κ2) is 7.85. The summed E-state index contributed by atoms with van der Waals surface area (Å²) in [5, 5.41) is 15.1. The number of carbonyl (C=O) groups is 2. The van der Waals surface area contributed by atoms with E-state index in [4.69, 9.17) is 0 Å². The number of halogens is 1. The predicted octanol–water partition coefficient (Wildman–Crippen LogP) is -1.15. The van der Waals surface area contributed by atoms with E-state index >= 15 is 0 Å².